The van der Waals surface area contributed by atoms with E-state index in [0.717, 1.165) is 19.3 Å². The number of carbonyl (C=O) groups is 1. The first-order chi connectivity index (χ1) is 13.7. The van der Waals surface area contributed by atoms with Crippen molar-refractivity contribution in [1.82, 2.24) is 10.1 Å². The fraction of sp³-hybridized carbons (Fsp3) is 0.286. The first kappa shape index (κ1) is 18.0. The van der Waals surface area contributed by atoms with Gasteiger partial charge >= 0.3 is 5.97 Å². The smallest absolute Gasteiger partial charge is 0.338 e. The number of fused-ring (bicyclic) bond motifs is 1. The van der Waals surface area contributed by atoms with Gasteiger partial charge in [0.1, 0.15) is 11.5 Å². The molecule has 2 aromatic carbocycles. The molecule has 0 N–H and O–H groups in total. The molecule has 1 heterocycles. The van der Waals surface area contributed by atoms with Crippen molar-refractivity contribution in [3.05, 3.63) is 59.0 Å². The lowest BCUT2D eigenvalue weighted by atomic mass is 10.1. The van der Waals surface area contributed by atoms with Gasteiger partial charge in [0.05, 0.1) is 25.3 Å². The Morgan fingerprint density at radius 2 is 1.93 bits per heavy atom. The molecule has 1 aliphatic carbocycles. The highest BCUT2D eigenvalue weighted by Crippen LogP contribution is 2.31. The highest BCUT2D eigenvalue weighted by molar-refractivity contribution is 5.89. The van der Waals surface area contributed by atoms with Gasteiger partial charge in [-0.05, 0) is 54.7 Å². The third kappa shape index (κ3) is 3.55. The maximum atomic E-state index is 12.3. The summed E-state index contributed by atoms with van der Waals surface area (Å²) in [6.07, 6.45) is 3.21. The number of esters is 1. The summed E-state index contributed by atoms with van der Waals surface area (Å²) >= 11 is 0. The lowest BCUT2D eigenvalue weighted by Crippen LogP contribution is -2.06. The number of rotatable bonds is 6. The third-order valence-corrected chi connectivity index (χ3v) is 4.78. The normalized spacial score (nSPS) is 12.5. The molecular weight excluding hydrogens is 360 g/mol. The Bertz CT molecular complexity index is 1010. The number of aromatic nitrogens is 2. The SMILES string of the molecule is COc1ccc(-c2noc(COC(=O)c3ccc4c(c3)CCC4)n2)c(OC)c1. The standard InChI is InChI=1S/C21H20N2O5/c1-25-16-8-9-17(18(11-16)26-2)20-22-19(28-23-20)12-27-21(24)15-7-6-13-4-3-5-14(13)10-15/h6-11H,3-5,12H2,1-2H3. The van der Waals surface area contributed by atoms with Gasteiger partial charge < -0.3 is 18.7 Å². The summed E-state index contributed by atoms with van der Waals surface area (Å²) in [6.45, 7) is -0.0958. The first-order valence-corrected chi connectivity index (χ1v) is 9.02. The zero-order valence-electron chi connectivity index (χ0n) is 15.7. The summed E-state index contributed by atoms with van der Waals surface area (Å²) in [5.74, 6) is 1.37. The van der Waals surface area contributed by atoms with Crippen LogP contribution in [0.5, 0.6) is 11.5 Å². The molecule has 0 spiro atoms. The molecule has 0 unspecified atom stereocenters. The van der Waals surface area contributed by atoms with Gasteiger partial charge in [-0.25, -0.2) is 4.79 Å². The number of ether oxygens (including phenoxy) is 3. The molecule has 0 fully saturated rings. The predicted octanol–water partition coefficient (Wildman–Crippen LogP) is 3.60. The van der Waals surface area contributed by atoms with Crippen LogP contribution >= 0.6 is 0 Å². The largest absolute Gasteiger partial charge is 0.497 e. The molecule has 7 heteroatoms. The van der Waals surface area contributed by atoms with Crippen LogP contribution in [-0.2, 0) is 24.2 Å². The van der Waals surface area contributed by atoms with E-state index in [0.29, 0.717) is 28.5 Å². The molecule has 0 saturated carbocycles. The number of carbonyl (C=O) groups excluding carboxylic acids is 1. The predicted molar refractivity (Wildman–Crippen MR) is 100 cm³/mol. The van der Waals surface area contributed by atoms with Crippen LogP contribution in [0.25, 0.3) is 11.4 Å². The van der Waals surface area contributed by atoms with Gasteiger partial charge in [-0.3, -0.25) is 0 Å². The van der Waals surface area contributed by atoms with Crippen molar-refractivity contribution in [2.45, 2.75) is 25.9 Å². The Hall–Kier alpha value is -3.35. The van der Waals surface area contributed by atoms with E-state index >= 15 is 0 Å². The fourth-order valence-electron chi connectivity index (χ4n) is 3.32. The quantitative estimate of drug-likeness (QED) is 0.604. The highest BCUT2D eigenvalue weighted by atomic mass is 16.6. The van der Waals surface area contributed by atoms with Crippen LogP contribution in [0, 0.1) is 0 Å². The number of hydrogen-bond acceptors (Lipinski definition) is 7. The van der Waals surface area contributed by atoms with E-state index < -0.39 is 5.97 Å². The first-order valence-electron chi connectivity index (χ1n) is 9.02. The Morgan fingerprint density at radius 1 is 1.07 bits per heavy atom. The van der Waals surface area contributed by atoms with Crippen LogP contribution in [0.1, 0.15) is 33.8 Å². The minimum absolute atomic E-state index is 0.0958. The van der Waals surface area contributed by atoms with E-state index in [1.54, 1.807) is 38.5 Å². The maximum absolute atomic E-state index is 12.3. The van der Waals surface area contributed by atoms with Crippen LogP contribution in [-0.4, -0.2) is 30.3 Å². The van der Waals surface area contributed by atoms with E-state index in [1.165, 1.54) is 11.1 Å². The van der Waals surface area contributed by atoms with Crippen LogP contribution in [0.15, 0.2) is 40.9 Å². The van der Waals surface area contributed by atoms with Crippen molar-refractivity contribution >= 4 is 5.97 Å². The Labute approximate surface area is 162 Å². The molecule has 3 aromatic rings. The summed E-state index contributed by atoms with van der Waals surface area (Å²) in [5, 5.41) is 3.95. The molecule has 0 atom stereocenters. The van der Waals surface area contributed by atoms with Gasteiger partial charge in [0.25, 0.3) is 5.89 Å². The summed E-state index contributed by atoms with van der Waals surface area (Å²) in [7, 11) is 3.13. The van der Waals surface area contributed by atoms with E-state index in [-0.39, 0.29) is 12.5 Å². The minimum Gasteiger partial charge on any atom is -0.497 e. The monoisotopic (exact) mass is 380 g/mol. The van der Waals surface area contributed by atoms with E-state index in [1.807, 2.05) is 12.1 Å². The second-order valence-electron chi connectivity index (χ2n) is 6.49. The summed E-state index contributed by atoms with van der Waals surface area (Å²) < 4.78 is 21.1. The molecule has 4 rings (SSSR count). The van der Waals surface area contributed by atoms with Crippen molar-refractivity contribution in [2.75, 3.05) is 14.2 Å². The van der Waals surface area contributed by atoms with Crippen molar-refractivity contribution in [3.63, 3.8) is 0 Å². The topological polar surface area (TPSA) is 83.7 Å². The second kappa shape index (κ2) is 7.72. The highest BCUT2D eigenvalue weighted by Gasteiger charge is 2.18. The number of benzene rings is 2. The van der Waals surface area contributed by atoms with E-state index in [9.17, 15) is 4.79 Å². The van der Waals surface area contributed by atoms with Crippen LogP contribution < -0.4 is 9.47 Å². The molecule has 0 saturated heterocycles. The summed E-state index contributed by atoms with van der Waals surface area (Å²) in [6, 6.07) is 11.0. The molecule has 0 radical (unpaired) electrons. The zero-order chi connectivity index (χ0) is 19.5. The van der Waals surface area contributed by atoms with Crippen molar-refractivity contribution in [1.29, 1.82) is 0 Å². The molecule has 0 amide bonds. The maximum Gasteiger partial charge on any atom is 0.338 e. The van der Waals surface area contributed by atoms with Crippen LogP contribution in [0.2, 0.25) is 0 Å². The summed E-state index contributed by atoms with van der Waals surface area (Å²) in [4.78, 5) is 16.6. The van der Waals surface area contributed by atoms with Crippen LogP contribution in [0.3, 0.4) is 0 Å². The van der Waals surface area contributed by atoms with Crippen LogP contribution in [0.4, 0.5) is 0 Å². The van der Waals surface area contributed by atoms with Gasteiger partial charge in [-0.15, -0.1) is 0 Å². The van der Waals surface area contributed by atoms with E-state index in [4.69, 9.17) is 18.7 Å². The Kier molecular flexibility index (Phi) is 4.97. The molecule has 0 bridgehead atoms. The van der Waals surface area contributed by atoms with E-state index in [2.05, 4.69) is 10.1 Å². The lowest BCUT2D eigenvalue weighted by molar-refractivity contribution is 0.0429. The zero-order valence-corrected chi connectivity index (χ0v) is 15.7. The molecule has 1 aromatic heterocycles. The second-order valence-corrected chi connectivity index (χ2v) is 6.49. The average molecular weight is 380 g/mol. The van der Waals surface area contributed by atoms with Gasteiger partial charge in [-0.2, -0.15) is 4.98 Å². The van der Waals surface area contributed by atoms with Crippen molar-refractivity contribution in [2.24, 2.45) is 0 Å². The molecule has 0 aliphatic heterocycles. The number of aryl methyl sites for hydroxylation is 2. The number of hydrogen-bond donors (Lipinski definition) is 0. The minimum atomic E-state index is -0.406. The van der Waals surface area contributed by atoms with Gasteiger partial charge in [0, 0.05) is 6.07 Å². The molecule has 28 heavy (non-hydrogen) atoms. The summed E-state index contributed by atoms with van der Waals surface area (Å²) in [5.41, 5.74) is 3.73. The van der Waals surface area contributed by atoms with Gasteiger partial charge in [-0.1, -0.05) is 11.2 Å². The third-order valence-electron chi connectivity index (χ3n) is 4.78. The average Bonchev–Trinajstić information content (AvgIpc) is 3.40. The number of methoxy groups -OCH3 is 2. The molecule has 144 valence electrons. The number of nitrogens with zero attached hydrogens (tertiary/aromatic N) is 2. The molecular formula is C21H20N2O5. The van der Waals surface area contributed by atoms with Gasteiger partial charge in [0.2, 0.25) is 5.82 Å². The molecule has 1 aliphatic rings. The Balaban J connectivity index is 1.45. The fourth-order valence-corrected chi connectivity index (χ4v) is 3.32. The van der Waals surface area contributed by atoms with Gasteiger partial charge in [0.15, 0.2) is 6.61 Å². The molecule has 7 nitrogen and oxygen atoms in total. The lowest BCUT2D eigenvalue weighted by Gasteiger charge is -2.07. The van der Waals surface area contributed by atoms with Crippen molar-refractivity contribution in [3.8, 4) is 22.9 Å². The van der Waals surface area contributed by atoms with Crippen molar-refractivity contribution < 1.29 is 23.5 Å². The Morgan fingerprint density at radius 3 is 2.75 bits per heavy atom.